The fraction of sp³-hybridized carbons (Fsp3) is 0.650. The monoisotopic (exact) mass is 319 g/mol. The lowest BCUT2D eigenvalue weighted by Crippen LogP contribution is -2.13. The Bertz CT molecular complexity index is 431. The molecule has 0 spiro atoms. The molecule has 0 bridgehead atoms. The highest BCUT2D eigenvalue weighted by molar-refractivity contribution is 5.73. The van der Waals surface area contributed by atoms with Gasteiger partial charge in [0.25, 0.3) is 0 Å². The molecule has 3 nitrogen and oxygen atoms in total. The summed E-state index contributed by atoms with van der Waals surface area (Å²) in [5.41, 5.74) is 2.19. The number of benzene rings is 1. The average molecular weight is 319 g/mol. The van der Waals surface area contributed by atoms with Crippen molar-refractivity contribution in [1.82, 2.24) is 0 Å². The Labute approximate surface area is 141 Å². The van der Waals surface area contributed by atoms with E-state index >= 15 is 0 Å². The molecule has 0 aliphatic heterocycles. The minimum absolute atomic E-state index is 0.0188. The Balaban J connectivity index is 2.10. The van der Waals surface area contributed by atoms with Crippen LogP contribution in [0.1, 0.15) is 76.7 Å². The van der Waals surface area contributed by atoms with Crippen LogP contribution < -0.4 is 5.32 Å². The highest BCUT2D eigenvalue weighted by atomic mass is 16.4. The summed E-state index contributed by atoms with van der Waals surface area (Å²) in [5, 5.41) is 11.8. The number of carbonyl (C=O) groups is 1. The van der Waals surface area contributed by atoms with Gasteiger partial charge >= 0.3 is 5.97 Å². The molecular formula is C20H33NO2. The number of rotatable bonds is 14. The minimum atomic E-state index is -0.821. The quantitative estimate of drug-likeness (QED) is 0.436. The number of nitrogens with one attached hydrogen (secondary N) is 1. The molecule has 1 aromatic rings. The van der Waals surface area contributed by atoms with Crippen molar-refractivity contribution >= 4 is 11.7 Å². The third kappa shape index (κ3) is 9.98. The third-order valence-electron chi connectivity index (χ3n) is 4.25. The van der Waals surface area contributed by atoms with Crippen molar-refractivity contribution < 1.29 is 9.90 Å². The lowest BCUT2D eigenvalue weighted by Gasteiger charge is -2.10. The second-order valence-corrected chi connectivity index (χ2v) is 6.34. The normalized spacial score (nSPS) is 10.7. The van der Waals surface area contributed by atoms with Crippen LogP contribution in [0.25, 0.3) is 0 Å². The summed E-state index contributed by atoms with van der Waals surface area (Å²) in [7, 11) is 0. The Morgan fingerprint density at radius 3 is 2.09 bits per heavy atom. The van der Waals surface area contributed by atoms with Crippen LogP contribution >= 0.6 is 0 Å². The maximum Gasteiger partial charge on any atom is 0.322 e. The van der Waals surface area contributed by atoms with Gasteiger partial charge in [-0.15, -0.1) is 0 Å². The molecule has 0 fully saturated rings. The van der Waals surface area contributed by atoms with E-state index in [0.717, 1.165) is 12.1 Å². The van der Waals surface area contributed by atoms with Crippen molar-refractivity contribution in [3.05, 3.63) is 29.8 Å². The van der Waals surface area contributed by atoms with E-state index in [9.17, 15) is 4.79 Å². The van der Waals surface area contributed by atoms with E-state index in [-0.39, 0.29) is 6.54 Å². The third-order valence-corrected chi connectivity index (χ3v) is 4.25. The van der Waals surface area contributed by atoms with Crippen LogP contribution in [0.4, 0.5) is 5.69 Å². The average Bonchev–Trinajstić information content (AvgIpc) is 2.55. The molecule has 0 amide bonds. The van der Waals surface area contributed by atoms with Gasteiger partial charge in [0.15, 0.2) is 0 Å². The smallest absolute Gasteiger partial charge is 0.322 e. The largest absolute Gasteiger partial charge is 0.480 e. The highest BCUT2D eigenvalue weighted by Crippen LogP contribution is 2.18. The van der Waals surface area contributed by atoms with E-state index in [1.54, 1.807) is 0 Å². The van der Waals surface area contributed by atoms with Gasteiger partial charge in [-0.2, -0.15) is 0 Å². The van der Waals surface area contributed by atoms with Crippen LogP contribution in [0.2, 0.25) is 0 Å². The molecule has 0 aromatic heterocycles. The van der Waals surface area contributed by atoms with E-state index in [2.05, 4.69) is 18.3 Å². The summed E-state index contributed by atoms with van der Waals surface area (Å²) in [6.45, 7) is 2.24. The lowest BCUT2D eigenvalue weighted by molar-refractivity contribution is -0.134. The zero-order valence-electron chi connectivity index (χ0n) is 14.7. The minimum Gasteiger partial charge on any atom is -0.480 e. The van der Waals surface area contributed by atoms with Crippen LogP contribution in [-0.4, -0.2) is 17.6 Å². The molecule has 2 N–H and O–H groups in total. The summed E-state index contributed by atoms with van der Waals surface area (Å²) in [6.07, 6.45) is 14.4. The first-order valence-electron chi connectivity index (χ1n) is 9.27. The van der Waals surface area contributed by atoms with Crippen LogP contribution in [0.15, 0.2) is 24.3 Å². The maximum atomic E-state index is 10.7. The van der Waals surface area contributed by atoms with Crippen LogP contribution in [0, 0.1) is 0 Å². The second-order valence-electron chi connectivity index (χ2n) is 6.34. The van der Waals surface area contributed by atoms with Crippen LogP contribution in [0.5, 0.6) is 0 Å². The molecule has 130 valence electrons. The molecule has 3 heteroatoms. The molecular weight excluding hydrogens is 286 g/mol. The summed E-state index contributed by atoms with van der Waals surface area (Å²) in [5.74, 6) is -0.821. The first-order valence-corrected chi connectivity index (χ1v) is 9.27. The first-order chi connectivity index (χ1) is 11.2. The van der Waals surface area contributed by atoms with E-state index in [0.29, 0.717) is 0 Å². The van der Waals surface area contributed by atoms with Gasteiger partial charge in [0.1, 0.15) is 6.54 Å². The van der Waals surface area contributed by atoms with Crippen molar-refractivity contribution in [2.45, 2.75) is 77.6 Å². The van der Waals surface area contributed by atoms with Crippen LogP contribution in [-0.2, 0) is 11.2 Å². The predicted octanol–water partition coefficient (Wildman–Crippen LogP) is 5.65. The number of carboxylic acids is 1. The Morgan fingerprint density at radius 2 is 1.48 bits per heavy atom. The van der Waals surface area contributed by atoms with E-state index in [1.807, 2.05) is 18.2 Å². The van der Waals surface area contributed by atoms with E-state index in [1.165, 1.54) is 69.8 Å². The molecule has 23 heavy (non-hydrogen) atoms. The molecule has 0 atom stereocenters. The van der Waals surface area contributed by atoms with Crippen molar-refractivity contribution in [1.29, 1.82) is 0 Å². The predicted molar refractivity (Wildman–Crippen MR) is 98.1 cm³/mol. The zero-order chi connectivity index (χ0) is 16.8. The van der Waals surface area contributed by atoms with Crippen LogP contribution in [0.3, 0.4) is 0 Å². The maximum absolute atomic E-state index is 10.7. The molecule has 0 aliphatic rings. The van der Waals surface area contributed by atoms with Gasteiger partial charge in [0.05, 0.1) is 0 Å². The van der Waals surface area contributed by atoms with Gasteiger partial charge in [-0.3, -0.25) is 4.79 Å². The van der Waals surface area contributed by atoms with Gasteiger partial charge in [-0.05, 0) is 24.5 Å². The number of aliphatic carboxylic acids is 1. The van der Waals surface area contributed by atoms with Gasteiger partial charge < -0.3 is 10.4 Å². The van der Waals surface area contributed by atoms with Gasteiger partial charge in [0.2, 0.25) is 0 Å². The molecule has 0 saturated heterocycles. The Hall–Kier alpha value is -1.51. The topological polar surface area (TPSA) is 49.3 Å². The summed E-state index contributed by atoms with van der Waals surface area (Å²) in [6, 6.07) is 8.04. The summed E-state index contributed by atoms with van der Waals surface area (Å²) < 4.78 is 0. The second kappa shape index (κ2) is 13.0. The Morgan fingerprint density at radius 1 is 0.913 bits per heavy atom. The lowest BCUT2D eigenvalue weighted by atomic mass is 10.0. The fourth-order valence-corrected chi connectivity index (χ4v) is 2.88. The number of carboxylic acid groups (broad SMARTS) is 1. The van der Waals surface area contributed by atoms with Crippen molar-refractivity contribution in [3.63, 3.8) is 0 Å². The van der Waals surface area contributed by atoms with Crippen molar-refractivity contribution in [2.24, 2.45) is 0 Å². The van der Waals surface area contributed by atoms with Gasteiger partial charge in [0, 0.05) is 5.69 Å². The molecule has 0 unspecified atom stereocenters. The highest BCUT2D eigenvalue weighted by Gasteiger charge is 2.03. The Kier molecular flexibility index (Phi) is 11.0. The number of anilines is 1. The SMILES string of the molecule is CCCCCCCCCCCCc1ccccc1NCC(=O)O. The number of para-hydroxylation sites is 1. The number of aryl methyl sites for hydroxylation is 1. The standard InChI is InChI=1S/C20H33NO2/c1-2-3-4-5-6-7-8-9-10-11-14-18-15-12-13-16-19(18)21-17-20(22)23/h12-13,15-16,21H,2-11,14,17H2,1H3,(H,22,23). The zero-order valence-corrected chi connectivity index (χ0v) is 14.7. The van der Waals surface area contributed by atoms with E-state index < -0.39 is 5.97 Å². The molecule has 0 radical (unpaired) electrons. The molecule has 0 aliphatic carbocycles. The van der Waals surface area contributed by atoms with E-state index in [4.69, 9.17) is 5.11 Å². The summed E-state index contributed by atoms with van der Waals surface area (Å²) in [4.78, 5) is 10.7. The molecule has 1 aromatic carbocycles. The number of hydrogen-bond donors (Lipinski definition) is 2. The van der Waals surface area contributed by atoms with Crippen molar-refractivity contribution in [2.75, 3.05) is 11.9 Å². The molecule has 0 heterocycles. The molecule has 1 rings (SSSR count). The first kappa shape index (κ1) is 19.5. The summed E-state index contributed by atoms with van der Waals surface area (Å²) >= 11 is 0. The fourth-order valence-electron chi connectivity index (χ4n) is 2.88. The van der Waals surface area contributed by atoms with Gasteiger partial charge in [-0.25, -0.2) is 0 Å². The van der Waals surface area contributed by atoms with Gasteiger partial charge in [-0.1, -0.05) is 82.9 Å². The van der Waals surface area contributed by atoms with Crippen molar-refractivity contribution in [3.8, 4) is 0 Å². The number of hydrogen-bond acceptors (Lipinski definition) is 2. The number of unbranched alkanes of at least 4 members (excludes halogenated alkanes) is 9. The molecule has 0 saturated carbocycles.